The van der Waals surface area contributed by atoms with Crippen LogP contribution in [0, 0.1) is 5.82 Å². The van der Waals surface area contributed by atoms with Gasteiger partial charge in [-0.15, -0.1) is 11.6 Å². The van der Waals surface area contributed by atoms with Crippen LogP contribution in [0.15, 0.2) is 21.5 Å². The molecule has 2 rings (SSSR count). The molecule has 0 amide bonds. The first kappa shape index (κ1) is 17.1. The highest BCUT2D eigenvalue weighted by atomic mass is 79.9. The van der Waals surface area contributed by atoms with E-state index in [2.05, 4.69) is 15.9 Å². The lowest BCUT2D eigenvalue weighted by molar-refractivity contribution is -0.0441. The number of sulfonamides is 1. The molecular formula is C13H16BrClFNO3S. The van der Waals surface area contributed by atoms with E-state index in [9.17, 15) is 12.8 Å². The number of rotatable bonds is 3. The van der Waals surface area contributed by atoms with Crippen molar-refractivity contribution in [3.63, 3.8) is 0 Å². The Kier molecular flexibility index (Phi) is 5.31. The van der Waals surface area contributed by atoms with Crippen LogP contribution in [0.3, 0.4) is 0 Å². The summed E-state index contributed by atoms with van der Waals surface area (Å²) in [5.74, 6) is -0.885. The Labute approximate surface area is 137 Å². The van der Waals surface area contributed by atoms with Crippen molar-refractivity contribution in [3.05, 3.63) is 28.0 Å². The summed E-state index contributed by atoms with van der Waals surface area (Å²) in [7, 11) is -3.92. The first-order valence-corrected chi connectivity index (χ1v) is 9.22. The first-order chi connectivity index (χ1) is 9.75. The molecule has 0 bridgehead atoms. The predicted molar refractivity (Wildman–Crippen MR) is 82.4 cm³/mol. The zero-order valence-corrected chi connectivity index (χ0v) is 14.8. The van der Waals surface area contributed by atoms with Crippen molar-refractivity contribution in [1.82, 2.24) is 4.31 Å². The largest absolute Gasteiger partial charge is 0.373 e. The van der Waals surface area contributed by atoms with E-state index >= 15 is 0 Å². The van der Waals surface area contributed by atoms with Crippen molar-refractivity contribution >= 4 is 37.6 Å². The van der Waals surface area contributed by atoms with Crippen LogP contribution in [0.25, 0.3) is 0 Å². The van der Waals surface area contributed by atoms with Gasteiger partial charge in [-0.3, -0.25) is 0 Å². The third-order valence-electron chi connectivity index (χ3n) is 3.23. The quantitative estimate of drug-likeness (QED) is 0.732. The Morgan fingerprint density at radius 3 is 2.48 bits per heavy atom. The third-order valence-corrected chi connectivity index (χ3v) is 5.80. The summed E-state index contributed by atoms with van der Waals surface area (Å²) in [5, 5.41) is 0. The second kappa shape index (κ2) is 6.50. The molecule has 1 aromatic rings. The molecule has 21 heavy (non-hydrogen) atoms. The lowest BCUT2D eigenvalue weighted by Gasteiger charge is -2.34. The fourth-order valence-corrected chi connectivity index (χ4v) is 4.94. The topological polar surface area (TPSA) is 46.6 Å². The van der Waals surface area contributed by atoms with Crippen LogP contribution in [-0.4, -0.2) is 38.0 Å². The molecule has 0 saturated carbocycles. The average molecular weight is 401 g/mol. The minimum Gasteiger partial charge on any atom is -0.373 e. The van der Waals surface area contributed by atoms with E-state index in [0.717, 1.165) is 0 Å². The number of alkyl halides is 1. The summed E-state index contributed by atoms with van der Waals surface area (Å²) in [6, 6.07) is 2.75. The summed E-state index contributed by atoms with van der Waals surface area (Å²) in [4.78, 5) is -0.353. The SMILES string of the molecule is CC1CN(S(=O)(=O)c2cc(Br)cc(CCl)c2F)CC(C)O1. The molecule has 0 aromatic heterocycles. The molecule has 0 radical (unpaired) electrons. The smallest absolute Gasteiger partial charge is 0.246 e. The number of halogens is 3. The van der Waals surface area contributed by atoms with Crippen molar-refractivity contribution in [2.75, 3.05) is 13.1 Å². The van der Waals surface area contributed by atoms with E-state index < -0.39 is 15.8 Å². The zero-order chi connectivity index (χ0) is 15.8. The van der Waals surface area contributed by atoms with Crippen molar-refractivity contribution in [2.24, 2.45) is 0 Å². The standard InChI is InChI=1S/C13H16BrClFNO3S/c1-8-6-17(7-9(2)20-8)21(18,19)12-4-11(14)3-10(5-15)13(12)16/h3-4,8-9H,5-7H2,1-2H3. The van der Waals surface area contributed by atoms with Gasteiger partial charge in [0, 0.05) is 23.1 Å². The Balaban J connectivity index is 2.47. The average Bonchev–Trinajstić information content (AvgIpc) is 2.39. The minimum absolute atomic E-state index is 0.0935. The van der Waals surface area contributed by atoms with Crippen LogP contribution in [0.5, 0.6) is 0 Å². The van der Waals surface area contributed by atoms with E-state index in [-0.39, 0.29) is 41.6 Å². The molecule has 4 nitrogen and oxygen atoms in total. The number of ether oxygens (including phenoxy) is 1. The maximum Gasteiger partial charge on any atom is 0.246 e. The summed E-state index contributed by atoms with van der Waals surface area (Å²) in [5.41, 5.74) is 0.152. The number of hydrogen-bond donors (Lipinski definition) is 0. The third kappa shape index (κ3) is 3.59. The van der Waals surface area contributed by atoms with Crippen molar-refractivity contribution in [3.8, 4) is 0 Å². The second-order valence-electron chi connectivity index (χ2n) is 5.09. The van der Waals surface area contributed by atoms with E-state index in [4.69, 9.17) is 16.3 Å². The van der Waals surface area contributed by atoms with Gasteiger partial charge in [-0.25, -0.2) is 12.8 Å². The molecule has 0 N–H and O–H groups in total. The fourth-order valence-electron chi connectivity index (χ4n) is 2.37. The number of morpholine rings is 1. The molecule has 0 spiro atoms. The van der Waals surface area contributed by atoms with Crippen molar-refractivity contribution < 1.29 is 17.5 Å². The normalized spacial score (nSPS) is 24.2. The molecule has 1 saturated heterocycles. The number of hydrogen-bond acceptors (Lipinski definition) is 3. The van der Waals surface area contributed by atoms with Crippen LogP contribution < -0.4 is 0 Å². The molecule has 1 aromatic carbocycles. The molecule has 1 heterocycles. The zero-order valence-electron chi connectivity index (χ0n) is 11.6. The van der Waals surface area contributed by atoms with Gasteiger partial charge in [-0.2, -0.15) is 4.31 Å². The fraction of sp³-hybridized carbons (Fsp3) is 0.538. The van der Waals surface area contributed by atoms with E-state index in [1.165, 1.54) is 16.4 Å². The highest BCUT2D eigenvalue weighted by Crippen LogP contribution is 2.29. The molecule has 1 aliphatic rings. The van der Waals surface area contributed by atoms with Crippen molar-refractivity contribution in [1.29, 1.82) is 0 Å². The monoisotopic (exact) mass is 399 g/mol. The highest BCUT2D eigenvalue weighted by molar-refractivity contribution is 9.10. The molecule has 8 heteroatoms. The summed E-state index contributed by atoms with van der Waals surface area (Å²) in [6.45, 7) is 3.99. The van der Waals surface area contributed by atoms with Gasteiger partial charge in [0.2, 0.25) is 10.0 Å². The summed E-state index contributed by atoms with van der Waals surface area (Å²) >= 11 is 8.86. The van der Waals surface area contributed by atoms with Crippen molar-refractivity contribution in [2.45, 2.75) is 36.8 Å². The number of nitrogens with zero attached hydrogens (tertiary/aromatic N) is 1. The molecule has 1 aliphatic heterocycles. The molecule has 0 aliphatic carbocycles. The molecule has 2 atom stereocenters. The highest BCUT2D eigenvalue weighted by Gasteiger charge is 2.34. The lowest BCUT2D eigenvalue weighted by atomic mass is 10.2. The van der Waals surface area contributed by atoms with Crippen LogP contribution in [0.1, 0.15) is 19.4 Å². The van der Waals surface area contributed by atoms with Crippen LogP contribution in [0.4, 0.5) is 4.39 Å². The maximum absolute atomic E-state index is 14.4. The van der Waals surface area contributed by atoms with Crippen LogP contribution >= 0.6 is 27.5 Å². The van der Waals surface area contributed by atoms with Gasteiger partial charge in [-0.05, 0) is 26.0 Å². The first-order valence-electron chi connectivity index (χ1n) is 6.45. The van der Waals surface area contributed by atoms with Crippen LogP contribution in [-0.2, 0) is 20.6 Å². The Bertz CT molecular complexity index is 631. The molecular weight excluding hydrogens is 385 g/mol. The molecule has 1 fully saturated rings. The lowest BCUT2D eigenvalue weighted by Crippen LogP contribution is -2.48. The Morgan fingerprint density at radius 2 is 1.95 bits per heavy atom. The Morgan fingerprint density at radius 1 is 1.38 bits per heavy atom. The van der Waals surface area contributed by atoms with Crippen LogP contribution in [0.2, 0.25) is 0 Å². The van der Waals surface area contributed by atoms with E-state index in [1.54, 1.807) is 13.8 Å². The number of benzene rings is 1. The van der Waals surface area contributed by atoms with E-state index in [1.807, 2.05) is 0 Å². The predicted octanol–water partition coefficient (Wildman–Crippen LogP) is 3.12. The maximum atomic E-state index is 14.4. The van der Waals surface area contributed by atoms with E-state index in [0.29, 0.717) is 4.47 Å². The summed E-state index contributed by atoms with van der Waals surface area (Å²) < 4.78 is 47.0. The van der Waals surface area contributed by atoms with Gasteiger partial charge in [0.25, 0.3) is 0 Å². The van der Waals surface area contributed by atoms with Gasteiger partial charge in [0.1, 0.15) is 10.7 Å². The van der Waals surface area contributed by atoms with Gasteiger partial charge in [0.05, 0.1) is 18.1 Å². The molecule has 2 unspecified atom stereocenters. The summed E-state index contributed by atoms with van der Waals surface area (Å²) in [6.07, 6.45) is -0.461. The Hall–Kier alpha value is -0.210. The molecule has 118 valence electrons. The van der Waals surface area contributed by atoms with Gasteiger partial charge >= 0.3 is 0 Å². The minimum atomic E-state index is -3.92. The second-order valence-corrected chi connectivity index (χ2v) is 8.18. The van der Waals surface area contributed by atoms with Gasteiger partial charge in [0.15, 0.2) is 0 Å². The van der Waals surface area contributed by atoms with Gasteiger partial charge in [-0.1, -0.05) is 15.9 Å². The van der Waals surface area contributed by atoms with Gasteiger partial charge < -0.3 is 4.74 Å².